The molecule has 0 radical (unpaired) electrons. The number of nitrogens with zero attached hydrogens (tertiary/aromatic N) is 4. The lowest BCUT2D eigenvalue weighted by Crippen LogP contribution is -2.11. The SMILES string of the molecule is CC(C)CNc1ncc2c(n1)CC=C2c1ccc2ncc(F)n2c1. The number of aromatic nitrogens is 4. The summed E-state index contributed by atoms with van der Waals surface area (Å²) in [4.78, 5) is 13.0. The molecule has 3 heterocycles. The van der Waals surface area contributed by atoms with Gasteiger partial charge in [-0.1, -0.05) is 19.9 Å². The standard InChI is InChI=1S/C18H18FN5/c1-11(2)7-21-18-22-8-14-13(4-5-15(14)23-18)12-3-6-17-20-9-16(19)24(17)10-12/h3-4,6,8-11H,5,7H2,1-2H3,(H,21,22,23). The van der Waals surface area contributed by atoms with Crippen molar-refractivity contribution >= 4 is 17.2 Å². The molecule has 0 aromatic carbocycles. The van der Waals surface area contributed by atoms with Gasteiger partial charge in [-0.25, -0.2) is 15.0 Å². The van der Waals surface area contributed by atoms with E-state index < -0.39 is 0 Å². The monoisotopic (exact) mass is 323 g/mol. The molecule has 24 heavy (non-hydrogen) atoms. The van der Waals surface area contributed by atoms with Crippen molar-refractivity contribution in [2.75, 3.05) is 11.9 Å². The number of nitrogens with one attached hydrogen (secondary N) is 1. The first kappa shape index (κ1) is 14.8. The zero-order chi connectivity index (χ0) is 16.7. The van der Waals surface area contributed by atoms with Gasteiger partial charge in [0.1, 0.15) is 5.65 Å². The van der Waals surface area contributed by atoms with Crippen LogP contribution in [0.3, 0.4) is 0 Å². The fourth-order valence-corrected chi connectivity index (χ4v) is 2.87. The number of imidazole rings is 1. The molecule has 1 aliphatic carbocycles. The van der Waals surface area contributed by atoms with E-state index in [1.165, 1.54) is 10.6 Å². The van der Waals surface area contributed by atoms with E-state index in [-0.39, 0.29) is 5.95 Å². The van der Waals surface area contributed by atoms with Gasteiger partial charge < -0.3 is 5.32 Å². The maximum Gasteiger partial charge on any atom is 0.222 e. The molecule has 3 aromatic heterocycles. The second-order valence-electron chi connectivity index (χ2n) is 6.38. The van der Waals surface area contributed by atoms with Crippen LogP contribution in [0.15, 0.2) is 36.8 Å². The van der Waals surface area contributed by atoms with Gasteiger partial charge in [0.2, 0.25) is 11.9 Å². The van der Waals surface area contributed by atoms with Gasteiger partial charge in [0.15, 0.2) is 0 Å². The molecule has 0 bridgehead atoms. The molecule has 1 N–H and O–H groups in total. The van der Waals surface area contributed by atoms with Gasteiger partial charge in [0, 0.05) is 30.9 Å². The minimum absolute atomic E-state index is 0.366. The summed E-state index contributed by atoms with van der Waals surface area (Å²) in [6.45, 7) is 5.13. The summed E-state index contributed by atoms with van der Waals surface area (Å²) < 4.78 is 15.2. The Bertz CT molecular complexity index is 942. The summed E-state index contributed by atoms with van der Waals surface area (Å²) in [5.74, 6) is 0.829. The minimum Gasteiger partial charge on any atom is -0.354 e. The van der Waals surface area contributed by atoms with E-state index in [1.54, 1.807) is 6.20 Å². The molecule has 0 saturated carbocycles. The first-order valence-electron chi connectivity index (χ1n) is 8.05. The molecule has 0 saturated heterocycles. The van der Waals surface area contributed by atoms with Gasteiger partial charge >= 0.3 is 0 Å². The molecule has 1 aliphatic rings. The van der Waals surface area contributed by atoms with E-state index in [9.17, 15) is 4.39 Å². The predicted molar refractivity (Wildman–Crippen MR) is 91.3 cm³/mol. The molecule has 4 rings (SSSR count). The zero-order valence-corrected chi connectivity index (χ0v) is 13.6. The highest BCUT2D eigenvalue weighted by Crippen LogP contribution is 2.32. The average molecular weight is 323 g/mol. The molecule has 0 unspecified atom stereocenters. The van der Waals surface area contributed by atoms with Crippen LogP contribution in [-0.4, -0.2) is 25.9 Å². The lowest BCUT2D eigenvalue weighted by atomic mass is 10.0. The highest BCUT2D eigenvalue weighted by molar-refractivity contribution is 5.83. The van der Waals surface area contributed by atoms with Crippen LogP contribution in [-0.2, 0) is 6.42 Å². The Morgan fingerprint density at radius 3 is 2.96 bits per heavy atom. The fraction of sp³-hybridized carbons (Fsp3) is 0.278. The molecule has 6 heteroatoms. The normalized spacial score (nSPS) is 13.4. The molecule has 0 amide bonds. The first-order valence-corrected chi connectivity index (χ1v) is 8.05. The van der Waals surface area contributed by atoms with Crippen molar-refractivity contribution in [3.05, 3.63) is 59.6 Å². The van der Waals surface area contributed by atoms with E-state index in [2.05, 4.69) is 40.2 Å². The number of anilines is 1. The quantitative estimate of drug-likeness (QED) is 0.800. The van der Waals surface area contributed by atoms with Gasteiger partial charge in [0.25, 0.3) is 0 Å². The van der Waals surface area contributed by atoms with Crippen LogP contribution in [0.25, 0.3) is 11.2 Å². The highest BCUT2D eigenvalue weighted by atomic mass is 19.1. The molecular weight excluding hydrogens is 305 g/mol. The van der Waals surface area contributed by atoms with Gasteiger partial charge in [-0.15, -0.1) is 0 Å². The summed E-state index contributed by atoms with van der Waals surface area (Å²) in [7, 11) is 0. The smallest absolute Gasteiger partial charge is 0.222 e. The van der Waals surface area contributed by atoms with E-state index >= 15 is 0 Å². The van der Waals surface area contributed by atoms with Gasteiger partial charge in [0.05, 0.1) is 11.9 Å². The van der Waals surface area contributed by atoms with Crippen LogP contribution in [0.4, 0.5) is 10.3 Å². The van der Waals surface area contributed by atoms with Crippen molar-refractivity contribution in [1.29, 1.82) is 0 Å². The van der Waals surface area contributed by atoms with Crippen LogP contribution in [0, 0.1) is 11.9 Å². The van der Waals surface area contributed by atoms with Crippen LogP contribution in [0.5, 0.6) is 0 Å². The highest BCUT2D eigenvalue weighted by Gasteiger charge is 2.19. The Labute approximate surface area is 139 Å². The molecule has 3 aromatic rings. The number of allylic oxidation sites excluding steroid dienone is 1. The molecular formula is C18H18FN5. The van der Waals surface area contributed by atoms with Crippen molar-refractivity contribution < 1.29 is 4.39 Å². The van der Waals surface area contributed by atoms with E-state index in [0.717, 1.165) is 35.4 Å². The molecule has 0 fully saturated rings. The van der Waals surface area contributed by atoms with Crippen molar-refractivity contribution in [2.45, 2.75) is 20.3 Å². The van der Waals surface area contributed by atoms with Crippen molar-refractivity contribution in [1.82, 2.24) is 19.4 Å². The van der Waals surface area contributed by atoms with Gasteiger partial charge in [-0.05, 0) is 29.2 Å². The Kier molecular flexibility index (Phi) is 3.52. The van der Waals surface area contributed by atoms with Crippen LogP contribution < -0.4 is 5.32 Å². The molecule has 5 nitrogen and oxygen atoms in total. The lowest BCUT2D eigenvalue weighted by Gasteiger charge is -2.10. The minimum atomic E-state index is -0.366. The topological polar surface area (TPSA) is 55.1 Å². The van der Waals surface area contributed by atoms with Crippen molar-refractivity contribution in [3.63, 3.8) is 0 Å². The predicted octanol–water partition coefficient (Wildman–Crippen LogP) is 3.32. The summed E-state index contributed by atoms with van der Waals surface area (Å²) in [5.41, 5.74) is 4.57. The summed E-state index contributed by atoms with van der Waals surface area (Å²) >= 11 is 0. The maximum absolute atomic E-state index is 13.8. The Morgan fingerprint density at radius 1 is 1.25 bits per heavy atom. The Balaban J connectivity index is 1.66. The Morgan fingerprint density at radius 2 is 2.12 bits per heavy atom. The van der Waals surface area contributed by atoms with Gasteiger partial charge in [-0.2, -0.15) is 4.39 Å². The van der Waals surface area contributed by atoms with Crippen LogP contribution in [0.2, 0.25) is 0 Å². The van der Waals surface area contributed by atoms with Crippen LogP contribution in [0.1, 0.15) is 30.7 Å². The molecule has 0 aliphatic heterocycles. The van der Waals surface area contributed by atoms with Gasteiger partial charge in [-0.3, -0.25) is 4.40 Å². The summed E-state index contributed by atoms with van der Waals surface area (Å²) in [5, 5.41) is 3.25. The van der Waals surface area contributed by atoms with Crippen LogP contribution >= 0.6 is 0 Å². The first-order chi connectivity index (χ1) is 11.6. The third-order valence-corrected chi connectivity index (χ3v) is 4.10. The fourth-order valence-electron chi connectivity index (χ4n) is 2.87. The number of hydrogen-bond donors (Lipinski definition) is 1. The number of fused-ring (bicyclic) bond motifs is 2. The van der Waals surface area contributed by atoms with E-state index in [0.29, 0.717) is 17.5 Å². The summed E-state index contributed by atoms with van der Waals surface area (Å²) in [6, 6.07) is 3.77. The third kappa shape index (κ3) is 2.54. The van der Waals surface area contributed by atoms with Crippen molar-refractivity contribution in [3.8, 4) is 0 Å². The number of pyridine rings is 1. The van der Waals surface area contributed by atoms with E-state index in [4.69, 9.17) is 0 Å². The number of rotatable bonds is 4. The second-order valence-corrected chi connectivity index (χ2v) is 6.38. The van der Waals surface area contributed by atoms with E-state index in [1.807, 2.05) is 18.3 Å². The molecule has 122 valence electrons. The Hall–Kier alpha value is -2.76. The lowest BCUT2D eigenvalue weighted by molar-refractivity contribution is 0.573. The average Bonchev–Trinajstić information content (AvgIpc) is 3.16. The largest absolute Gasteiger partial charge is 0.354 e. The second kappa shape index (κ2) is 5.70. The van der Waals surface area contributed by atoms with Crippen molar-refractivity contribution in [2.24, 2.45) is 5.92 Å². The third-order valence-electron chi connectivity index (χ3n) is 4.10. The molecule has 0 atom stereocenters. The molecule has 0 spiro atoms. The number of hydrogen-bond acceptors (Lipinski definition) is 4. The number of halogens is 1. The maximum atomic E-state index is 13.8. The summed E-state index contributed by atoms with van der Waals surface area (Å²) in [6.07, 6.45) is 7.71. The zero-order valence-electron chi connectivity index (χ0n) is 13.6.